The van der Waals surface area contributed by atoms with E-state index in [1.807, 2.05) is 13.8 Å². The summed E-state index contributed by atoms with van der Waals surface area (Å²) in [4.78, 5) is 0. The van der Waals surface area contributed by atoms with Crippen LogP contribution in [0.4, 0.5) is 13.2 Å². The molecule has 0 fully saturated rings. The van der Waals surface area contributed by atoms with Gasteiger partial charge in [0.1, 0.15) is 12.4 Å². The van der Waals surface area contributed by atoms with Gasteiger partial charge >= 0.3 is 6.18 Å². The average Bonchev–Trinajstić information content (AvgIpc) is 2.24. The van der Waals surface area contributed by atoms with E-state index in [1.165, 1.54) is 12.1 Å². The largest absolute Gasteiger partial charge is 0.491 e. The van der Waals surface area contributed by atoms with Gasteiger partial charge in [0.25, 0.3) is 0 Å². The molecule has 2 nitrogen and oxygen atoms in total. The molecule has 2 N–H and O–H groups in total. The first-order valence-corrected chi connectivity index (χ1v) is 7.09. The van der Waals surface area contributed by atoms with Gasteiger partial charge in [-0.3, -0.25) is 0 Å². The number of alkyl halides is 3. The molecule has 1 aromatic carbocycles. The smallest absolute Gasteiger partial charge is 0.420 e. The molecule has 0 unspecified atom stereocenters. The lowest BCUT2D eigenvalue weighted by atomic mass is 9.93. The van der Waals surface area contributed by atoms with Crippen LogP contribution in [0.25, 0.3) is 0 Å². The van der Waals surface area contributed by atoms with Crippen molar-refractivity contribution in [1.82, 2.24) is 0 Å². The summed E-state index contributed by atoms with van der Waals surface area (Å²) in [5.41, 5.74) is 4.58. The summed E-state index contributed by atoms with van der Waals surface area (Å²) in [5, 5.41) is 0. The van der Waals surface area contributed by atoms with Gasteiger partial charge in [0, 0.05) is 10.0 Å². The quantitative estimate of drug-likeness (QED) is 0.838. The Morgan fingerprint density at radius 1 is 1.30 bits per heavy atom. The number of hydrogen-bond acceptors (Lipinski definition) is 2. The topological polar surface area (TPSA) is 35.2 Å². The van der Waals surface area contributed by atoms with Crippen molar-refractivity contribution in [3.63, 3.8) is 0 Å². The van der Waals surface area contributed by atoms with Gasteiger partial charge in [0.15, 0.2) is 0 Å². The van der Waals surface area contributed by atoms with Gasteiger partial charge in [-0.05, 0) is 37.5 Å². The second-order valence-electron chi connectivity index (χ2n) is 5.68. The van der Waals surface area contributed by atoms with Gasteiger partial charge in [-0.1, -0.05) is 29.8 Å². The van der Waals surface area contributed by atoms with E-state index in [1.54, 1.807) is 6.92 Å². The fraction of sp³-hybridized carbons (Fsp3) is 0.571. The van der Waals surface area contributed by atoms with Crippen LogP contribution in [0.3, 0.4) is 0 Å². The van der Waals surface area contributed by atoms with Crippen LogP contribution >= 0.6 is 15.9 Å². The average molecular weight is 354 g/mol. The lowest BCUT2D eigenvalue weighted by Crippen LogP contribution is -2.43. The zero-order valence-corrected chi connectivity index (χ0v) is 13.3. The van der Waals surface area contributed by atoms with Crippen LogP contribution in [-0.4, -0.2) is 12.1 Å². The molecule has 0 heterocycles. The molecule has 20 heavy (non-hydrogen) atoms. The molecule has 0 aliphatic rings. The van der Waals surface area contributed by atoms with Crippen LogP contribution in [0.15, 0.2) is 22.7 Å². The van der Waals surface area contributed by atoms with Gasteiger partial charge in [-0.15, -0.1) is 0 Å². The minimum Gasteiger partial charge on any atom is -0.491 e. The van der Waals surface area contributed by atoms with E-state index in [4.69, 9.17) is 10.5 Å². The van der Waals surface area contributed by atoms with Gasteiger partial charge in [0.2, 0.25) is 0 Å². The van der Waals surface area contributed by atoms with Crippen LogP contribution in [-0.2, 0) is 6.18 Å². The number of rotatable bonds is 5. The third kappa shape index (κ3) is 5.32. The van der Waals surface area contributed by atoms with Crippen LogP contribution in [0.2, 0.25) is 0 Å². The summed E-state index contributed by atoms with van der Waals surface area (Å²) in [7, 11) is 0. The van der Waals surface area contributed by atoms with Gasteiger partial charge in [0.05, 0.1) is 5.56 Å². The summed E-state index contributed by atoms with van der Waals surface area (Å²) >= 11 is 3.03. The Kier molecular flexibility index (Phi) is 5.49. The standard InChI is InChI=1S/C14H19BrF3NO/c1-9(2)7-13(3,19)8-20-12-5-4-10(15)6-11(12)14(16,17)18/h4-6,9H,7-8,19H2,1-3H3/t13-/m0/s1. The molecule has 1 aromatic rings. The van der Waals surface area contributed by atoms with Crippen molar-refractivity contribution in [2.75, 3.05) is 6.61 Å². The highest BCUT2D eigenvalue weighted by Crippen LogP contribution is 2.38. The number of ether oxygens (including phenoxy) is 1. The second-order valence-corrected chi connectivity index (χ2v) is 6.59. The van der Waals surface area contributed by atoms with Crippen molar-refractivity contribution in [2.45, 2.75) is 38.9 Å². The van der Waals surface area contributed by atoms with Gasteiger partial charge in [-0.2, -0.15) is 13.2 Å². The Morgan fingerprint density at radius 3 is 2.40 bits per heavy atom. The summed E-state index contributed by atoms with van der Waals surface area (Å²) in [6.45, 7) is 5.83. The molecular weight excluding hydrogens is 335 g/mol. The lowest BCUT2D eigenvalue weighted by molar-refractivity contribution is -0.139. The molecule has 114 valence electrons. The first-order chi connectivity index (χ1) is 9.01. The van der Waals surface area contributed by atoms with E-state index in [2.05, 4.69) is 15.9 Å². The number of nitrogens with two attached hydrogens (primary N) is 1. The van der Waals surface area contributed by atoms with E-state index in [9.17, 15) is 13.2 Å². The fourth-order valence-corrected chi connectivity index (χ4v) is 2.44. The third-order valence-electron chi connectivity index (χ3n) is 2.68. The van der Waals surface area contributed by atoms with Crippen molar-refractivity contribution < 1.29 is 17.9 Å². The number of benzene rings is 1. The molecule has 0 saturated heterocycles. The molecule has 1 rings (SSSR count). The van der Waals surface area contributed by atoms with Crippen molar-refractivity contribution in [3.8, 4) is 5.75 Å². The Morgan fingerprint density at radius 2 is 1.90 bits per heavy atom. The normalized spacial score (nSPS) is 15.2. The molecule has 0 aliphatic carbocycles. The summed E-state index contributed by atoms with van der Waals surface area (Å²) < 4.78 is 44.5. The summed E-state index contributed by atoms with van der Waals surface area (Å²) in [6.07, 6.45) is -3.78. The molecule has 0 saturated carbocycles. The molecule has 0 aliphatic heterocycles. The molecule has 0 radical (unpaired) electrons. The van der Waals surface area contributed by atoms with E-state index >= 15 is 0 Å². The van der Waals surface area contributed by atoms with Crippen molar-refractivity contribution in [3.05, 3.63) is 28.2 Å². The van der Waals surface area contributed by atoms with Gasteiger partial charge in [-0.25, -0.2) is 0 Å². The van der Waals surface area contributed by atoms with Crippen LogP contribution < -0.4 is 10.5 Å². The lowest BCUT2D eigenvalue weighted by Gasteiger charge is -2.27. The maximum absolute atomic E-state index is 12.9. The van der Waals surface area contributed by atoms with Gasteiger partial charge < -0.3 is 10.5 Å². The number of halogens is 4. The molecule has 0 amide bonds. The van der Waals surface area contributed by atoms with Crippen LogP contribution in [0.1, 0.15) is 32.8 Å². The fourth-order valence-electron chi connectivity index (χ4n) is 2.08. The summed E-state index contributed by atoms with van der Waals surface area (Å²) in [6, 6.07) is 3.82. The zero-order chi connectivity index (χ0) is 15.6. The maximum atomic E-state index is 12.9. The molecule has 0 aromatic heterocycles. The van der Waals surface area contributed by atoms with Crippen molar-refractivity contribution >= 4 is 15.9 Å². The molecular formula is C14H19BrF3NO. The Hall–Kier alpha value is -0.750. The maximum Gasteiger partial charge on any atom is 0.420 e. The van der Waals surface area contributed by atoms with Crippen molar-refractivity contribution in [1.29, 1.82) is 0 Å². The third-order valence-corrected chi connectivity index (χ3v) is 3.17. The Bertz CT molecular complexity index is 458. The highest BCUT2D eigenvalue weighted by atomic mass is 79.9. The first-order valence-electron chi connectivity index (χ1n) is 6.30. The highest BCUT2D eigenvalue weighted by molar-refractivity contribution is 9.10. The van der Waals surface area contributed by atoms with E-state index in [0.29, 0.717) is 16.8 Å². The Balaban J connectivity index is 2.88. The minimum absolute atomic E-state index is 0.0376. The predicted molar refractivity (Wildman–Crippen MR) is 76.7 cm³/mol. The van der Waals surface area contributed by atoms with E-state index < -0.39 is 17.3 Å². The SMILES string of the molecule is CC(C)C[C@](C)(N)COc1ccc(Br)cc1C(F)(F)F. The highest BCUT2D eigenvalue weighted by Gasteiger charge is 2.35. The second kappa shape index (κ2) is 6.35. The van der Waals surface area contributed by atoms with Crippen LogP contribution in [0.5, 0.6) is 5.75 Å². The molecule has 0 bridgehead atoms. The summed E-state index contributed by atoms with van der Waals surface area (Å²) in [5.74, 6) is 0.154. The van der Waals surface area contributed by atoms with E-state index in [0.717, 1.165) is 6.07 Å². The number of hydrogen-bond donors (Lipinski definition) is 1. The molecule has 1 atom stereocenters. The predicted octanol–water partition coefficient (Wildman–Crippen LogP) is 4.61. The first kappa shape index (κ1) is 17.3. The molecule has 6 heteroatoms. The Labute approximate surface area is 125 Å². The van der Waals surface area contributed by atoms with Crippen LogP contribution in [0, 0.1) is 5.92 Å². The molecule has 0 spiro atoms. The minimum atomic E-state index is -4.46. The monoisotopic (exact) mass is 353 g/mol. The zero-order valence-electron chi connectivity index (χ0n) is 11.7. The van der Waals surface area contributed by atoms with E-state index in [-0.39, 0.29) is 12.4 Å². The van der Waals surface area contributed by atoms with Crippen molar-refractivity contribution in [2.24, 2.45) is 11.7 Å².